The molecular formula is C18H18ClN3O3. The number of nitrogens with zero attached hydrogens (tertiary/aromatic N) is 2. The number of nitro benzene ring substituents is 1. The first-order valence-corrected chi connectivity index (χ1v) is 8.42. The van der Waals surface area contributed by atoms with Crippen LogP contribution in [-0.4, -0.2) is 35.4 Å². The number of benzene rings is 2. The molecule has 1 atom stereocenters. The van der Waals surface area contributed by atoms with Crippen molar-refractivity contribution in [2.24, 2.45) is 0 Å². The molecule has 1 fully saturated rings. The maximum Gasteiger partial charge on any atom is 0.273 e. The number of piperazine rings is 1. The van der Waals surface area contributed by atoms with Crippen molar-refractivity contribution in [3.8, 4) is 0 Å². The second kappa shape index (κ2) is 7.63. The lowest BCUT2D eigenvalue weighted by molar-refractivity contribution is -0.385. The van der Waals surface area contributed by atoms with Crippen LogP contribution in [0.3, 0.4) is 0 Å². The van der Waals surface area contributed by atoms with Crippen LogP contribution in [0, 0.1) is 10.1 Å². The standard InChI is InChI=1S/C18H18ClN3O3/c19-15-6-3-5-13(10-15)17-12-20-8-9-21(17)18(23)11-14-4-1-2-7-16(14)22(24)25/h1-7,10,17,20H,8-9,11-12H2. The lowest BCUT2D eigenvalue weighted by atomic mass is 10.0. The quantitative estimate of drug-likeness (QED) is 0.672. The van der Waals surface area contributed by atoms with Crippen molar-refractivity contribution >= 4 is 23.2 Å². The Morgan fingerprint density at radius 1 is 1.28 bits per heavy atom. The van der Waals surface area contributed by atoms with Crippen molar-refractivity contribution < 1.29 is 9.72 Å². The molecule has 3 rings (SSSR count). The van der Waals surface area contributed by atoms with E-state index in [1.165, 1.54) is 6.07 Å². The topological polar surface area (TPSA) is 75.5 Å². The lowest BCUT2D eigenvalue weighted by Gasteiger charge is -2.36. The molecule has 1 N–H and O–H groups in total. The number of hydrogen-bond donors (Lipinski definition) is 1. The highest BCUT2D eigenvalue weighted by molar-refractivity contribution is 6.30. The Labute approximate surface area is 150 Å². The number of amides is 1. The zero-order valence-corrected chi connectivity index (χ0v) is 14.3. The predicted octanol–water partition coefficient (Wildman–Crippen LogP) is 2.96. The van der Waals surface area contributed by atoms with Crippen LogP contribution in [0.1, 0.15) is 17.2 Å². The van der Waals surface area contributed by atoms with Gasteiger partial charge in [-0.25, -0.2) is 0 Å². The SMILES string of the molecule is O=C(Cc1ccccc1[N+](=O)[O-])N1CCNCC1c1cccc(Cl)c1. The van der Waals surface area contributed by atoms with Crippen LogP contribution in [0.4, 0.5) is 5.69 Å². The summed E-state index contributed by atoms with van der Waals surface area (Å²) in [7, 11) is 0. The summed E-state index contributed by atoms with van der Waals surface area (Å²) in [5.41, 5.74) is 1.36. The van der Waals surface area contributed by atoms with E-state index in [-0.39, 0.29) is 24.1 Å². The summed E-state index contributed by atoms with van der Waals surface area (Å²) in [4.78, 5) is 25.3. The first-order chi connectivity index (χ1) is 12.1. The van der Waals surface area contributed by atoms with Crippen LogP contribution in [0.2, 0.25) is 5.02 Å². The van der Waals surface area contributed by atoms with E-state index in [0.29, 0.717) is 30.2 Å². The van der Waals surface area contributed by atoms with Crippen molar-refractivity contribution in [1.29, 1.82) is 0 Å². The second-order valence-corrected chi connectivity index (χ2v) is 6.36. The summed E-state index contributed by atoms with van der Waals surface area (Å²) in [5, 5.41) is 15.1. The van der Waals surface area contributed by atoms with Crippen LogP contribution < -0.4 is 5.32 Å². The van der Waals surface area contributed by atoms with Gasteiger partial charge < -0.3 is 10.2 Å². The molecule has 0 spiro atoms. The number of rotatable bonds is 4. The fourth-order valence-electron chi connectivity index (χ4n) is 3.12. The number of carbonyl (C=O) groups is 1. The highest BCUT2D eigenvalue weighted by atomic mass is 35.5. The second-order valence-electron chi connectivity index (χ2n) is 5.92. The van der Waals surface area contributed by atoms with Crippen molar-refractivity contribution in [3.05, 3.63) is 74.8 Å². The van der Waals surface area contributed by atoms with E-state index >= 15 is 0 Å². The van der Waals surface area contributed by atoms with Crippen LogP contribution >= 0.6 is 11.6 Å². The minimum atomic E-state index is -0.450. The Balaban J connectivity index is 1.83. The van der Waals surface area contributed by atoms with Gasteiger partial charge in [-0.2, -0.15) is 0 Å². The first-order valence-electron chi connectivity index (χ1n) is 8.04. The van der Waals surface area contributed by atoms with Crippen molar-refractivity contribution in [2.45, 2.75) is 12.5 Å². The molecule has 7 heteroatoms. The zero-order chi connectivity index (χ0) is 17.8. The Morgan fingerprint density at radius 3 is 2.84 bits per heavy atom. The maximum atomic E-state index is 12.9. The van der Waals surface area contributed by atoms with E-state index in [4.69, 9.17) is 11.6 Å². The molecule has 0 bridgehead atoms. The van der Waals surface area contributed by atoms with E-state index in [1.54, 1.807) is 29.2 Å². The third-order valence-corrected chi connectivity index (χ3v) is 4.56. The van der Waals surface area contributed by atoms with E-state index in [2.05, 4.69) is 5.32 Å². The van der Waals surface area contributed by atoms with Gasteiger partial charge >= 0.3 is 0 Å². The molecule has 0 aliphatic carbocycles. The molecule has 1 aliphatic heterocycles. The van der Waals surface area contributed by atoms with E-state index < -0.39 is 4.92 Å². The van der Waals surface area contributed by atoms with Crippen molar-refractivity contribution in [2.75, 3.05) is 19.6 Å². The number of para-hydroxylation sites is 1. The molecule has 6 nitrogen and oxygen atoms in total. The Kier molecular flexibility index (Phi) is 5.31. The van der Waals surface area contributed by atoms with Crippen LogP contribution in [-0.2, 0) is 11.2 Å². The number of hydrogen-bond acceptors (Lipinski definition) is 4. The molecule has 1 heterocycles. The smallest absolute Gasteiger partial charge is 0.273 e. The molecule has 1 unspecified atom stereocenters. The number of carbonyl (C=O) groups excluding carboxylic acids is 1. The van der Waals surface area contributed by atoms with Gasteiger partial charge in [0, 0.05) is 36.3 Å². The summed E-state index contributed by atoms with van der Waals surface area (Å²) >= 11 is 6.08. The van der Waals surface area contributed by atoms with Gasteiger partial charge in [-0.3, -0.25) is 14.9 Å². The lowest BCUT2D eigenvalue weighted by Crippen LogP contribution is -2.49. The number of nitro groups is 1. The molecule has 0 aromatic heterocycles. The fraction of sp³-hybridized carbons (Fsp3) is 0.278. The predicted molar refractivity (Wildman–Crippen MR) is 95.6 cm³/mol. The van der Waals surface area contributed by atoms with Gasteiger partial charge in [-0.15, -0.1) is 0 Å². The monoisotopic (exact) mass is 359 g/mol. The molecule has 1 saturated heterocycles. The maximum absolute atomic E-state index is 12.9. The minimum absolute atomic E-state index is 0.00815. The van der Waals surface area contributed by atoms with Gasteiger partial charge in [-0.1, -0.05) is 41.9 Å². The number of nitrogens with one attached hydrogen (secondary N) is 1. The summed E-state index contributed by atoms with van der Waals surface area (Å²) in [6.07, 6.45) is 0.00815. The summed E-state index contributed by atoms with van der Waals surface area (Å²) < 4.78 is 0. The normalized spacial score (nSPS) is 17.3. The van der Waals surface area contributed by atoms with E-state index in [1.807, 2.05) is 18.2 Å². The van der Waals surface area contributed by atoms with Gasteiger partial charge in [-0.05, 0) is 17.7 Å². The first kappa shape index (κ1) is 17.4. The molecule has 0 saturated carbocycles. The molecule has 130 valence electrons. The minimum Gasteiger partial charge on any atom is -0.333 e. The summed E-state index contributed by atoms with van der Waals surface area (Å²) in [6.45, 7) is 1.87. The van der Waals surface area contributed by atoms with Crippen LogP contribution in [0.15, 0.2) is 48.5 Å². The molecule has 1 amide bonds. The largest absolute Gasteiger partial charge is 0.333 e. The third kappa shape index (κ3) is 3.97. The van der Waals surface area contributed by atoms with Crippen LogP contribution in [0.5, 0.6) is 0 Å². The average Bonchev–Trinajstić information content (AvgIpc) is 2.62. The molecule has 25 heavy (non-hydrogen) atoms. The number of halogens is 1. The summed E-state index contributed by atoms with van der Waals surface area (Å²) in [5.74, 6) is -0.124. The summed E-state index contributed by atoms with van der Waals surface area (Å²) in [6, 6.07) is 13.7. The van der Waals surface area contributed by atoms with Gasteiger partial charge in [0.2, 0.25) is 5.91 Å². The average molecular weight is 360 g/mol. The van der Waals surface area contributed by atoms with Gasteiger partial charge in [0.1, 0.15) is 0 Å². The zero-order valence-electron chi connectivity index (χ0n) is 13.5. The Hall–Kier alpha value is -2.44. The highest BCUT2D eigenvalue weighted by Crippen LogP contribution is 2.26. The fourth-order valence-corrected chi connectivity index (χ4v) is 3.32. The van der Waals surface area contributed by atoms with Crippen LogP contribution in [0.25, 0.3) is 0 Å². The van der Waals surface area contributed by atoms with Crippen molar-refractivity contribution in [1.82, 2.24) is 10.2 Å². The Morgan fingerprint density at radius 2 is 2.08 bits per heavy atom. The molecule has 2 aromatic rings. The molecule has 2 aromatic carbocycles. The molecular weight excluding hydrogens is 342 g/mol. The highest BCUT2D eigenvalue weighted by Gasteiger charge is 2.29. The van der Waals surface area contributed by atoms with Gasteiger partial charge in [0.05, 0.1) is 17.4 Å². The molecule has 1 aliphatic rings. The van der Waals surface area contributed by atoms with E-state index in [9.17, 15) is 14.9 Å². The van der Waals surface area contributed by atoms with Crippen molar-refractivity contribution in [3.63, 3.8) is 0 Å². The Bertz CT molecular complexity index is 797. The van der Waals surface area contributed by atoms with E-state index in [0.717, 1.165) is 5.56 Å². The third-order valence-electron chi connectivity index (χ3n) is 4.33. The van der Waals surface area contributed by atoms with Gasteiger partial charge in [0.15, 0.2) is 0 Å². The molecule has 0 radical (unpaired) electrons. The van der Waals surface area contributed by atoms with Gasteiger partial charge in [0.25, 0.3) is 5.69 Å².